The average Bonchev–Trinajstić information content (AvgIpc) is 2.45. The first kappa shape index (κ1) is 19.1. The maximum atomic E-state index is 11.9. The van der Waals surface area contributed by atoms with Crippen LogP contribution in [-0.2, 0) is 9.47 Å². The minimum absolute atomic E-state index is 0.137. The van der Waals surface area contributed by atoms with E-state index in [0.29, 0.717) is 17.3 Å². The summed E-state index contributed by atoms with van der Waals surface area (Å²) in [5.41, 5.74) is -0.313. The summed E-state index contributed by atoms with van der Waals surface area (Å²) in [4.78, 5) is 23.4. The van der Waals surface area contributed by atoms with E-state index in [1.165, 1.54) is 0 Å². The second-order valence-corrected chi connectivity index (χ2v) is 6.56. The van der Waals surface area contributed by atoms with Crippen molar-refractivity contribution >= 4 is 29.5 Å². The van der Waals surface area contributed by atoms with Crippen LogP contribution in [0, 0.1) is 5.92 Å². The highest BCUT2D eigenvalue weighted by Gasteiger charge is 2.24. The minimum Gasteiger partial charge on any atom is -0.449 e. The van der Waals surface area contributed by atoms with Gasteiger partial charge in [-0.05, 0) is 44.0 Å². The van der Waals surface area contributed by atoms with Crippen molar-refractivity contribution in [2.24, 2.45) is 5.92 Å². The molecule has 23 heavy (non-hydrogen) atoms. The third kappa shape index (κ3) is 8.30. The van der Waals surface area contributed by atoms with Gasteiger partial charge in [0.1, 0.15) is 5.60 Å². The van der Waals surface area contributed by atoms with Crippen LogP contribution in [0.15, 0.2) is 24.3 Å². The van der Waals surface area contributed by atoms with Gasteiger partial charge in [0.2, 0.25) is 0 Å². The van der Waals surface area contributed by atoms with Crippen molar-refractivity contribution in [1.29, 1.82) is 0 Å². The predicted octanol–water partition coefficient (Wildman–Crippen LogP) is 4.05. The van der Waals surface area contributed by atoms with Crippen molar-refractivity contribution in [3.05, 3.63) is 29.3 Å². The molecule has 0 aliphatic carbocycles. The van der Waals surface area contributed by atoms with Crippen molar-refractivity contribution in [2.45, 2.75) is 33.3 Å². The van der Waals surface area contributed by atoms with Gasteiger partial charge in [-0.2, -0.15) is 0 Å². The lowest BCUT2D eigenvalue weighted by Gasteiger charge is -2.25. The third-order valence-corrected chi connectivity index (χ3v) is 2.92. The van der Waals surface area contributed by atoms with E-state index in [1.807, 2.05) is 13.8 Å². The normalized spacial score (nSPS) is 11.0. The van der Waals surface area contributed by atoms with Gasteiger partial charge < -0.3 is 14.8 Å². The molecule has 128 valence electrons. The monoisotopic (exact) mass is 342 g/mol. The number of amides is 2. The van der Waals surface area contributed by atoms with Gasteiger partial charge in [0.05, 0.1) is 13.2 Å². The van der Waals surface area contributed by atoms with E-state index < -0.39 is 17.8 Å². The zero-order chi connectivity index (χ0) is 17.5. The lowest BCUT2D eigenvalue weighted by molar-refractivity contribution is 0.0462. The van der Waals surface area contributed by atoms with Gasteiger partial charge in [-0.25, -0.2) is 9.59 Å². The smallest absolute Gasteiger partial charge is 0.412 e. The van der Waals surface area contributed by atoms with E-state index in [1.54, 1.807) is 38.1 Å². The zero-order valence-electron chi connectivity index (χ0n) is 13.8. The van der Waals surface area contributed by atoms with Crippen molar-refractivity contribution in [3.63, 3.8) is 0 Å². The molecule has 1 aromatic carbocycles. The van der Waals surface area contributed by atoms with Crippen LogP contribution in [0.25, 0.3) is 0 Å². The molecule has 0 saturated carbocycles. The molecule has 0 radical (unpaired) electrons. The SMILES string of the molecule is CC(C)COC(=O)NCC(C)(C)OC(=O)Nc1ccc(Cl)cc1. The Kier molecular flexibility index (Phi) is 7.16. The van der Waals surface area contributed by atoms with Gasteiger partial charge in [0.15, 0.2) is 0 Å². The Balaban J connectivity index is 2.39. The first-order valence-electron chi connectivity index (χ1n) is 7.34. The Bertz CT molecular complexity index is 529. The summed E-state index contributed by atoms with van der Waals surface area (Å²) >= 11 is 5.77. The largest absolute Gasteiger partial charge is 0.449 e. The van der Waals surface area contributed by atoms with Gasteiger partial charge >= 0.3 is 12.2 Å². The minimum atomic E-state index is -0.882. The number of benzene rings is 1. The van der Waals surface area contributed by atoms with E-state index >= 15 is 0 Å². The van der Waals surface area contributed by atoms with Crippen LogP contribution in [-0.4, -0.2) is 30.9 Å². The number of halogens is 1. The number of carbonyl (C=O) groups excluding carboxylic acids is 2. The summed E-state index contributed by atoms with van der Waals surface area (Å²) in [6.45, 7) is 7.75. The van der Waals surface area contributed by atoms with Gasteiger partial charge in [0, 0.05) is 10.7 Å². The van der Waals surface area contributed by atoms with E-state index in [4.69, 9.17) is 21.1 Å². The Morgan fingerprint density at radius 2 is 1.78 bits per heavy atom. The molecule has 2 N–H and O–H groups in total. The first-order valence-corrected chi connectivity index (χ1v) is 7.72. The maximum absolute atomic E-state index is 11.9. The van der Waals surface area contributed by atoms with Gasteiger partial charge in [0.25, 0.3) is 0 Å². The number of nitrogens with one attached hydrogen (secondary N) is 2. The molecule has 0 aliphatic rings. The van der Waals surface area contributed by atoms with E-state index in [0.717, 1.165) is 0 Å². The molecule has 0 aromatic heterocycles. The summed E-state index contributed by atoms with van der Waals surface area (Å²) < 4.78 is 10.3. The van der Waals surface area contributed by atoms with Crippen LogP contribution in [0.3, 0.4) is 0 Å². The standard InChI is InChI=1S/C16H23ClN2O4/c1-11(2)9-22-14(20)18-10-16(3,4)23-15(21)19-13-7-5-12(17)6-8-13/h5-8,11H,9-10H2,1-4H3,(H,18,20)(H,19,21). The summed E-state index contributed by atoms with van der Waals surface area (Å²) in [7, 11) is 0. The van der Waals surface area contributed by atoms with Crippen molar-refractivity contribution < 1.29 is 19.1 Å². The molecule has 1 rings (SSSR count). The molecular weight excluding hydrogens is 320 g/mol. The number of hydrogen-bond acceptors (Lipinski definition) is 4. The topological polar surface area (TPSA) is 76.7 Å². The molecule has 0 fully saturated rings. The van der Waals surface area contributed by atoms with Crippen LogP contribution < -0.4 is 10.6 Å². The van der Waals surface area contributed by atoms with Crippen molar-refractivity contribution in [3.8, 4) is 0 Å². The molecule has 2 amide bonds. The van der Waals surface area contributed by atoms with Gasteiger partial charge in [-0.1, -0.05) is 25.4 Å². The fourth-order valence-electron chi connectivity index (χ4n) is 1.54. The maximum Gasteiger partial charge on any atom is 0.412 e. The number of hydrogen-bond donors (Lipinski definition) is 2. The Morgan fingerprint density at radius 1 is 1.17 bits per heavy atom. The summed E-state index contributed by atoms with van der Waals surface area (Å²) in [6, 6.07) is 6.65. The fraction of sp³-hybridized carbons (Fsp3) is 0.500. The average molecular weight is 343 g/mol. The third-order valence-electron chi connectivity index (χ3n) is 2.67. The van der Waals surface area contributed by atoms with Crippen LogP contribution in [0.5, 0.6) is 0 Å². The van der Waals surface area contributed by atoms with Crippen LogP contribution >= 0.6 is 11.6 Å². The molecule has 0 bridgehead atoms. The molecule has 0 unspecified atom stereocenters. The molecular formula is C16H23ClN2O4. The fourth-order valence-corrected chi connectivity index (χ4v) is 1.67. The second kappa shape index (κ2) is 8.62. The van der Waals surface area contributed by atoms with E-state index in [9.17, 15) is 9.59 Å². The van der Waals surface area contributed by atoms with Crippen molar-refractivity contribution in [1.82, 2.24) is 5.32 Å². The number of anilines is 1. The lowest BCUT2D eigenvalue weighted by atomic mass is 10.1. The highest BCUT2D eigenvalue weighted by molar-refractivity contribution is 6.30. The molecule has 7 heteroatoms. The van der Waals surface area contributed by atoms with Crippen LogP contribution in [0.1, 0.15) is 27.7 Å². The molecule has 0 aliphatic heterocycles. The Labute approximate surface area is 141 Å². The molecule has 1 aromatic rings. The van der Waals surface area contributed by atoms with E-state index in [2.05, 4.69) is 10.6 Å². The number of alkyl carbamates (subject to hydrolysis) is 1. The molecule has 0 heterocycles. The lowest BCUT2D eigenvalue weighted by Crippen LogP contribution is -2.43. The summed E-state index contributed by atoms with van der Waals surface area (Å²) in [5.74, 6) is 0.259. The first-order chi connectivity index (χ1) is 10.7. The number of rotatable bonds is 6. The molecule has 0 saturated heterocycles. The zero-order valence-corrected chi connectivity index (χ0v) is 14.6. The molecule has 0 atom stereocenters. The summed E-state index contributed by atoms with van der Waals surface area (Å²) in [6.07, 6.45) is -1.15. The highest BCUT2D eigenvalue weighted by atomic mass is 35.5. The number of carbonyl (C=O) groups is 2. The van der Waals surface area contributed by atoms with Gasteiger partial charge in [-0.3, -0.25) is 5.32 Å². The van der Waals surface area contributed by atoms with E-state index in [-0.39, 0.29) is 12.5 Å². The van der Waals surface area contributed by atoms with Crippen molar-refractivity contribution in [2.75, 3.05) is 18.5 Å². The van der Waals surface area contributed by atoms with Crippen LogP contribution in [0.4, 0.5) is 15.3 Å². The highest BCUT2D eigenvalue weighted by Crippen LogP contribution is 2.15. The number of ether oxygens (including phenoxy) is 2. The van der Waals surface area contributed by atoms with Crippen LogP contribution in [0.2, 0.25) is 5.02 Å². The molecule has 0 spiro atoms. The predicted molar refractivity (Wildman–Crippen MR) is 89.8 cm³/mol. The Morgan fingerprint density at radius 3 is 2.35 bits per heavy atom. The Hall–Kier alpha value is -1.95. The van der Waals surface area contributed by atoms with Gasteiger partial charge in [-0.15, -0.1) is 0 Å². The summed E-state index contributed by atoms with van der Waals surface area (Å²) in [5, 5.41) is 5.74. The molecule has 6 nitrogen and oxygen atoms in total. The quantitative estimate of drug-likeness (QED) is 0.817. The second-order valence-electron chi connectivity index (χ2n) is 6.13.